The van der Waals surface area contributed by atoms with Crippen LogP contribution in [0, 0.1) is 0 Å². The minimum absolute atomic E-state index is 0.0108. The van der Waals surface area contributed by atoms with Gasteiger partial charge in [0.1, 0.15) is 5.54 Å². The summed E-state index contributed by atoms with van der Waals surface area (Å²) in [6.07, 6.45) is 0. The zero-order valence-electron chi connectivity index (χ0n) is 10.1. The summed E-state index contributed by atoms with van der Waals surface area (Å²) in [5.41, 5.74) is 4.29. The van der Waals surface area contributed by atoms with Crippen molar-refractivity contribution in [2.45, 2.75) is 19.4 Å². The number of hydrogen-bond acceptors (Lipinski definition) is 5. The first-order valence-corrected chi connectivity index (χ1v) is 5.45. The lowest BCUT2D eigenvalue weighted by atomic mass is 10.1. The summed E-state index contributed by atoms with van der Waals surface area (Å²) in [4.78, 5) is 35.2. The van der Waals surface area contributed by atoms with E-state index in [-0.39, 0.29) is 31.3 Å². The maximum atomic E-state index is 11.7. The minimum Gasteiger partial charge on any atom is -0.324 e. The van der Waals surface area contributed by atoms with Gasteiger partial charge in [0.15, 0.2) is 5.78 Å². The molecule has 7 nitrogen and oxygen atoms in total. The second-order valence-electron chi connectivity index (χ2n) is 4.43. The van der Waals surface area contributed by atoms with Crippen molar-refractivity contribution in [3.05, 3.63) is 0 Å². The lowest BCUT2D eigenvalue weighted by Crippen LogP contribution is -2.41. The van der Waals surface area contributed by atoms with Crippen molar-refractivity contribution < 1.29 is 14.4 Å². The van der Waals surface area contributed by atoms with E-state index in [4.69, 9.17) is 5.73 Å². The molecule has 96 valence electrons. The molecule has 17 heavy (non-hydrogen) atoms. The highest BCUT2D eigenvalue weighted by atomic mass is 16.2. The lowest BCUT2D eigenvalue weighted by molar-refractivity contribution is -0.130. The van der Waals surface area contributed by atoms with Crippen LogP contribution < -0.4 is 16.4 Å². The van der Waals surface area contributed by atoms with E-state index >= 15 is 0 Å². The van der Waals surface area contributed by atoms with Crippen molar-refractivity contribution in [3.8, 4) is 0 Å². The molecule has 0 unspecified atom stereocenters. The number of carbonyl (C=O) groups is 3. The van der Waals surface area contributed by atoms with E-state index in [0.29, 0.717) is 6.54 Å². The summed E-state index contributed by atoms with van der Waals surface area (Å²) in [5, 5.41) is 5.40. The van der Waals surface area contributed by atoms with Gasteiger partial charge in [-0.25, -0.2) is 4.79 Å². The summed E-state index contributed by atoms with van der Waals surface area (Å²) < 4.78 is 0. The summed E-state index contributed by atoms with van der Waals surface area (Å²) >= 11 is 0. The Labute approximate surface area is 99.7 Å². The number of urea groups is 1. The Balaban J connectivity index is 2.35. The average Bonchev–Trinajstić information content (AvgIpc) is 2.45. The SMILES string of the molecule is CC1(C)NC(=O)N(CCNCC(=O)CN)C1=O. The highest BCUT2D eigenvalue weighted by Crippen LogP contribution is 2.15. The van der Waals surface area contributed by atoms with Crippen LogP contribution in [-0.4, -0.2) is 54.3 Å². The van der Waals surface area contributed by atoms with Gasteiger partial charge in [0.2, 0.25) is 0 Å². The third-order valence-electron chi connectivity index (χ3n) is 2.51. The van der Waals surface area contributed by atoms with Crippen LogP contribution in [0.4, 0.5) is 4.79 Å². The van der Waals surface area contributed by atoms with Gasteiger partial charge in [-0.05, 0) is 13.8 Å². The number of hydrogen-bond donors (Lipinski definition) is 3. The monoisotopic (exact) mass is 242 g/mol. The molecule has 3 amide bonds. The minimum atomic E-state index is -0.843. The maximum Gasteiger partial charge on any atom is 0.325 e. The van der Waals surface area contributed by atoms with E-state index in [1.165, 1.54) is 0 Å². The van der Waals surface area contributed by atoms with Crippen LogP contribution >= 0.6 is 0 Å². The molecule has 0 atom stereocenters. The molecule has 4 N–H and O–H groups in total. The Hall–Kier alpha value is -1.47. The van der Waals surface area contributed by atoms with Crippen molar-refractivity contribution in [1.82, 2.24) is 15.5 Å². The zero-order chi connectivity index (χ0) is 13.1. The molecule has 0 aromatic rings. The first-order chi connectivity index (χ1) is 7.88. The van der Waals surface area contributed by atoms with Crippen molar-refractivity contribution in [3.63, 3.8) is 0 Å². The second kappa shape index (κ2) is 5.24. The van der Waals surface area contributed by atoms with E-state index < -0.39 is 11.6 Å². The van der Waals surface area contributed by atoms with Gasteiger partial charge in [0, 0.05) is 13.1 Å². The van der Waals surface area contributed by atoms with E-state index in [1.807, 2.05) is 0 Å². The number of nitrogens with zero attached hydrogens (tertiary/aromatic N) is 1. The van der Waals surface area contributed by atoms with Crippen LogP contribution in [0.5, 0.6) is 0 Å². The first kappa shape index (κ1) is 13.6. The molecule has 1 fully saturated rings. The molecule has 1 rings (SSSR count). The molecule has 0 bridgehead atoms. The topological polar surface area (TPSA) is 105 Å². The fraction of sp³-hybridized carbons (Fsp3) is 0.700. The van der Waals surface area contributed by atoms with Crippen LogP contribution in [-0.2, 0) is 9.59 Å². The van der Waals surface area contributed by atoms with Gasteiger partial charge in [-0.3, -0.25) is 14.5 Å². The summed E-state index contributed by atoms with van der Waals surface area (Å²) in [5.74, 6) is -0.364. The number of ketones is 1. The molecule has 7 heteroatoms. The fourth-order valence-electron chi connectivity index (χ4n) is 1.51. The number of Topliss-reactive ketones (excluding diaryl/α,β-unsaturated/α-hetero) is 1. The molecular weight excluding hydrogens is 224 g/mol. The van der Waals surface area contributed by atoms with Crippen molar-refractivity contribution in [1.29, 1.82) is 0 Å². The van der Waals surface area contributed by atoms with Gasteiger partial charge in [0.25, 0.3) is 5.91 Å². The Kier molecular flexibility index (Phi) is 4.19. The predicted molar refractivity (Wildman–Crippen MR) is 61.3 cm³/mol. The van der Waals surface area contributed by atoms with Gasteiger partial charge in [-0.2, -0.15) is 0 Å². The Morgan fingerprint density at radius 1 is 1.47 bits per heavy atom. The molecule has 0 aromatic heterocycles. The zero-order valence-corrected chi connectivity index (χ0v) is 10.1. The summed E-state index contributed by atoms with van der Waals surface area (Å²) in [6, 6.07) is -0.396. The van der Waals surface area contributed by atoms with Gasteiger partial charge in [-0.15, -0.1) is 0 Å². The number of rotatable bonds is 6. The van der Waals surface area contributed by atoms with E-state index in [9.17, 15) is 14.4 Å². The number of nitrogens with one attached hydrogen (secondary N) is 2. The third kappa shape index (κ3) is 3.24. The largest absolute Gasteiger partial charge is 0.325 e. The first-order valence-electron chi connectivity index (χ1n) is 5.45. The number of imide groups is 1. The number of carbonyl (C=O) groups excluding carboxylic acids is 3. The van der Waals surface area contributed by atoms with Gasteiger partial charge >= 0.3 is 6.03 Å². The van der Waals surface area contributed by atoms with Crippen molar-refractivity contribution >= 4 is 17.7 Å². The van der Waals surface area contributed by atoms with Crippen LogP contribution in [0.1, 0.15) is 13.8 Å². The van der Waals surface area contributed by atoms with E-state index in [1.54, 1.807) is 13.8 Å². The highest BCUT2D eigenvalue weighted by Gasteiger charge is 2.43. The molecular formula is C10H18N4O3. The van der Waals surface area contributed by atoms with Gasteiger partial charge in [-0.1, -0.05) is 0 Å². The molecule has 1 aliphatic rings. The molecule has 1 aliphatic heterocycles. The maximum absolute atomic E-state index is 11.7. The highest BCUT2D eigenvalue weighted by molar-refractivity contribution is 6.06. The molecule has 1 heterocycles. The quantitative estimate of drug-likeness (QED) is 0.386. The van der Waals surface area contributed by atoms with Crippen LogP contribution in [0.3, 0.4) is 0 Å². The Morgan fingerprint density at radius 3 is 2.59 bits per heavy atom. The van der Waals surface area contributed by atoms with Crippen molar-refractivity contribution in [2.24, 2.45) is 5.73 Å². The van der Waals surface area contributed by atoms with Crippen LogP contribution in [0.15, 0.2) is 0 Å². The summed E-state index contributed by atoms with van der Waals surface area (Å²) in [6.45, 7) is 4.07. The lowest BCUT2D eigenvalue weighted by Gasteiger charge is -2.15. The molecule has 0 saturated carbocycles. The Bertz CT molecular complexity index is 340. The molecule has 0 aliphatic carbocycles. The van der Waals surface area contributed by atoms with E-state index in [0.717, 1.165) is 4.90 Å². The molecule has 1 saturated heterocycles. The smallest absolute Gasteiger partial charge is 0.324 e. The summed E-state index contributed by atoms with van der Waals surface area (Å²) in [7, 11) is 0. The number of nitrogens with two attached hydrogens (primary N) is 1. The van der Waals surface area contributed by atoms with E-state index in [2.05, 4.69) is 10.6 Å². The fourth-order valence-corrected chi connectivity index (χ4v) is 1.51. The Morgan fingerprint density at radius 2 is 2.12 bits per heavy atom. The molecule has 0 aromatic carbocycles. The van der Waals surface area contributed by atoms with Crippen molar-refractivity contribution in [2.75, 3.05) is 26.2 Å². The standard InChI is InChI=1S/C10H18N4O3/c1-10(2)8(16)14(9(17)13-10)4-3-12-6-7(15)5-11/h12H,3-6,11H2,1-2H3,(H,13,17). The normalized spacial score (nSPS) is 18.4. The average molecular weight is 242 g/mol. The van der Waals surface area contributed by atoms with Gasteiger partial charge < -0.3 is 16.4 Å². The predicted octanol–water partition coefficient (Wildman–Crippen LogP) is -1.57. The number of amides is 3. The van der Waals surface area contributed by atoms with Crippen LogP contribution in [0.25, 0.3) is 0 Å². The third-order valence-corrected chi connectivity index (χ3v) is 2.51. The molecule has 0 spiro atoms. The second-order valence-corrected chi connectivity index (χ2v) is 4.43. The van der Waals surface area contributed by atoms with Crippen LogP contribution in [0.2, 0.25) is 0 Å². The molecule has 0 radical (unpaired) electrons. The van der Waals surface area contributed by atoms with Gasteiger partial charge in [0.05, 0.1) is 13.1 Å².